The van der Waals surface area contributed by atoms with Crippen LogP contribution in [0.3, 0.4) is 0 Å². The number of ether oxygens (including phenoxy) is 1. The van der Waals surface area contributed by atoms with Crippen LogP contribution < -0.4 is 14.5 Å². The van der Waals surface area contributed by atoms with E-state index < -0.39 is 0 Å². The van der Waals surface area contributed by atoms with Gasteiger partial charge in [-0.15, -0.1) is 0 Å². The van der Waals surface area contributed by atoms with Crippen LogP contribution in [0.25, 0.3) is 11.1 Å². The summed E-state index contributed by atoms with van der Waals surface area (Å²) >= 11 is 0. The summed E-state index contributed by atoms with van der Waals surface area (Å²) in [6, 6.07) is 14.7. The molecule has 218 valence electrons. The predicted octanol–water partition coefficient (Wildman–Crippen LogP) is 6.38. The minimum atomic E-state index is -0.288. The molecule has 0 aliphatic heterocycles. The maximum atomic E-state index is 14.0. The Balaban J connectivity index is 1.34. The van der Waals surface area contributed by atoms with Crippen LogP contribution in [0.4, 0.5) is 11.6 Å². The Morgan fingerprint density at radius 3 is 2.29 bits per heavy atom. The van der Waals surface area contributed by atoms with Crippen LogP contribution >= 0.6 is 0 Å². The van der Waals surface area contributed by atoms with Gasteiger partial charge in [0.25, 0.3) is 0 Å². The summed E-state index contributed by atoms with van der Waals surface area (Å²) in [5, 5.41) is 10.1. The van der Waals surface area contributed by atoms with Gasteiger partial charge in [0, 0.05) is 44.5 Å². The van der Waals surface area contributed by atoms with E-state index in [1.165, 1.54) is 11.1 Å². The minimum absolute atomic E-state index is 0.0662. The zero-order valence-corrected chi connectivity index (χ0v) is 24.9. The fraction of sp³-hybridized carbons (Fsp3) is 0.500. The number of rotatable bonds is 8. The highest BCUT2D eigenvalue weighted by molar-refractivity contribution is 5.94. The molecule has 2 aromatic heterocycles. The molecule has 2 heterocycles. The van der Waals surface area contributed by atoms with Crippen LogP contribution in [0.15, 0.2) is 54.9 Å². The van der Waals surface area contributed by atoms with Gasteiger partial charge < -0.3 is 14.7 Å². The lowest BCUT2D eigenvalue weighted by Crippen LogP contribution is -2.42. The Morgan fingerprint density at radius 2 is 1.66 bits per heavy atom. The van der Waals surface area contributed by atoms with Gasteiger partial charge in [0.1, 0.15) is 17.4 Å². The van der Waals surface area contributed by atoms with Gasteiger partial charge in [0.05, 0.1) is 13.2 Å². The number of aryl methyl sites for hydroxylation is 1. The fourth-order valence-corrected chi connectivity index (χ4v) is 6.50. The average Bonchev–Trinajstić information content (AvgIpc) is 3.00. The number of anilines is 2. The van der Waals surface area contributed by atoms with Gasteiger partial charge in [-0.05, 0) is 117 Å². The van der Waals surface area contributed by atoms with Gasteiger partial charge in [-0.3, -0.25) is 9.69 Å². The number of carbonyl (C=O) groups excluding carboxylic acids is 1. The third-order valence-corrected chi connectivity index (χ3v) is 9.05. The lowest BCUT2D eigenvalue weighted by Gasteiger charge is -2.35. The summed E-state index contributed by atoms with van der Waals surface area (Å²) in [5.41, 5.74) is 4.57. The Bertz CT molecular complexity index is 1310. The molecule has 0 bridgehead atoms. The van der Waals surface area contributed by atoms with Crippen LogP contribution in [-0.4, -0.2) is 54.8 Å². The molecule has 0 spiro atoms. The van der Waals surface area contributed by atoms with Crippen molar-refractivity contribution in [1.29, 1.82) is 0 Å². The van der Waals surface area contributed by atoms with Crippen molar-refractivity contribution in [2.45, 2.75) is 70.3 Å². The molecule has 0 radical (unpaired) electrons. The number of aromatic nitrogens is 2. The number of benzene rings is 1. The van der Waals surface area contributed by atoms with Crippen LogP contribution in [0, 0.1) is 18.8 Å². The second-order valence-corrected chi connectivity index (χ2v) is 12.1. The zero-order chi connectivity index (χ0) is 28.9. The van der Waals surface area contributed by atoms with Crippen molar-refractivity contribution in [2.24, 2.45) is 11.8 Å². The normalized spacial score (nSPS) is 22.7. The number of aliphatic hydroxyl groups is 1. The van der Waals surface area contributed by atoms with E-state index in [9.17, 15) is 9.90 Å². The second kappa shape index (κ2) is 13.0. The van der Waals surface area contributed by atoms with E-state index in [0.29, 0.717) is 37.0 Å². The monoisotopic (exact) mass is 556 g/mol. The number of nitrogens with zero attached hydrogens (tertiary/aromatic N) is 4. The Hall–Kier alpha value is -3.45. The van der Waals surface area contributed by atoms with E-state index in [0.717, 1.165) is 61.2 Å². The molecule has 1 aromatic carbocycles. The lowest BCUT2D eigenvalue weighted by molar-refractivity contribution is -0.124. The Kier molecular flexibility index (Phi) is 9.23. The first kappa shape index (κ1) is 29.1. The maximum Gasteiger partial charge on any atom is 0.231 e. The maximum absolute atomic E-state index is 14.0. The van der Waals surface area contributed by atoms with E-state index in [-0.39, 0.29) is 17.9 Å². The molecule has 7 nitrogen and oxygen atoms in total. The van der Waals surface area contributed by atoms with E-state index in [1.54, 1.807) is 13.3 Å². The molecule has 2 aliphatic rings. The largest absolute Gasteiger partial charge is 0.496 e. The van der Waals surface area contributed by atoms with Crippen LogP contribution in [-0.2, 0) is 4.79 Å². The number of hydrogen-bond acceptors (Lipinski definition) is 6. The molecule has 3 aromatic rings. The molecule has 2 saturated carbocycles. The number of pyridine rings is 2. The summed E-state index contributed by atoms with van der Waals surface area (Å²) in [5.74, 6) is 3.60. The van der Waals surface area contributed by atoms with Crippen molar-refractivity contribution in [2.75, 3.05) is 37.5 Å². The first-order valence-electron chi connectivity index (χ1n) is 15.1. The second-order valence-electron chi connectivity index (χ2n) is 12.1. The minimum Gasteiger partial charge on any atom is -0.496 e. The Morgan fingerprint density at radius 1 is 0.902 bits per heavy atom. The van der Waals surface area contributed by atoms with Gasteiger partial charge in [-0.1, -0.05) is 12.1 Å². The fourth-order valence-electron chi connectivity index (χ4n) is 6.50. The number of amides is 1. The molecule has 1 N–H and O–H groups in total. The first-order valence-corrected chi connectivity index (χ1v) is 15.1. The summed E-state index contributed by atoms with van der Waals surface area (Å²) in [7, 11) is 5.68. The van der Waals surface area contributed by atoms with Crippen LogP contribution in [0.5, 0.6) is 5.75 Å². The third-order valence-electron chi connectivity index (χ3n) is 9.05. The van der Waals surface area contributed by atoms with Crippen LogP contribution in [0.1, 0.15) is 68.4 Å². The summed E-state index contributed by atoms with van der Waals surface area (Å²) in [4.78, 5) is 27.2. The van der Waals surface area contributed by atoms with Gasteiger partial charge in [-0.2, -0.15) is 0 Å². The molecule has 2 aliphatic carbocycles. The zero-order valence-electron chi connectivity index (χ0n) is 24.9. The standard InChI is InChI=1S/C34H44N4O3/c1-23-19-27(11-15-31(23)41-4)25-7-5-24(6-8-25)22-38(34(40)26-9-13-30(39)14-10-26)33-20-28(17-18-35-33)29-12-16-32(36-21-29)37(2)3/h11-12,15-21,24-26,30,39H,5-10,13-14,22H2,1-4H3. The first-order chi connectivity index (χ1) is 19.8. The van der Waals surface area contributed by atoms with E-state index in [1.807, 2.05) is 48.3 Å². The number of hydrogen-bond donors (Lipinski definition) is 1. The molecule has 0 saturated heterocycles. The summed E-state index contributed by atoms with van der Waals surface area (Å²) in [6.07, 6.45) is 10.6. The summed E-state index contributed by atoms with van der Waals surface area (Å²) in [6.45, 7) is 2.79. The smallest absolute Gasteiger partial charge is 0.231 e. The molecule has 41 heavy (non-hydrogen) atoms. The molecule has 1 amide bonds. The highest BCUT2D eigenvalue weighted by atomic mass is 16.5. The van der Waals surface area contributed by atoms with Crippen LogP contribution in [0.2, 0.25) is 0 Å². The molecule has 0 atom stereocenters. The molecule has 0 unspecified atom stereocenters. The third kappa shape index (κ3) is 6.89. The summed E-state index contributed by atoms with van der Waals surface area (Å²) < 4.78 is 5.46. The van der Waals surface area contributed by atoms with Gasteiger partial charge >= 0.3 is 0 Å². The van der Waals surface area contributed by atoms with E-state index in [4.69, 9.17) is 9.72 Å². The van der Waals surface area contributed by atoms with Gasteiger partial charge in [-0.25, -0.2) is 9.97 Å². The van der Waals surface area contributed by atoms with Gasteiger partial charge in [0.15, 0.2) is 0 Å². The van der Waals surface area contributed by atoms with Crippen molar-refractivity contribution >= 4 is 17.5 Å². The van der Waals surface area contributed by atoms with Crippen molar-refractivity contribution in [3.8, 4) is 16.9 Å². The van der Waals surface area contributed by atoms with Crippen molar-refractivity contribution in [1.82, 2.24) is 9.97 Å². The molecule has 5 rings (SSSR count). The van der Waals surface area contributed by atoms with Crippen molar-refractivity contribution < 1.29 is 14.6 Å². The quantitative estimate of drug-likeness (QED) is 0.347. The average molecular weight is 557 g/mol. The van der Waals surface area contributed by atoms with Crippen molar-refractivity contribution in [3.63, 3.8) is 0 Å². The van der Waals surface area contributed by atoms with E-state index in [2.05, 4.69) is 36.2 Å². The van der Waals surface area contributed by atoms with Crippen molar-refractivity contribution in [3.05, 3.63) is 66.0 Å². The van der Waals surface area contributed by atoms with E-state index >= 15 is 0 Å². The number of methoxy groups -OCH3 is 1. The van der Waals surface area contributed by atoms with Gasteiger partial charge in [0.2, 0.25) is 5.91 Å². The lowest BCUT2D eigenvalue weighted by atomic mass is 9.78. The Labute approximate surface area is 244 Å². The SMILES string of the molecule is COc1ccc(C2CCC(CN(C(=O)C3CCC(O)CC3)c3cc(-c4ccc(N(C)C)nc4)ccn3)CC2)cc1C. The topological polar surface area (TPSA) is 78.8 Å². The predicted molar refractivity (Wildman–Crippen MR) is 165 cm³/mol. The number of aliphatic hydroxyl groups excluding tert-OH is 1. The molecular formula is C34H44N4O3. The highest BCUT2D eigenvalue weighted by Gasteiger charge is 2.33. The highest BCUT2D eigenvalue weighted by Crippen LogP contribution is 2.38. The molecule has 2 fully saturated rings. The number of carbonyl (C=O) groups is 1. The molecule has 7 heteroatoms. The molecular weight excluding hydrogens is 512 g/mol.